The predicted octanol–water partition coefficient (Wildman–Crippen LogP) is 4.18. The molecule has 0 spiro atoms. The number of likely N-dealkylation sites (N-methyl/N-ethyl adjacent to an activating group) is 1. The van der Waals surface area contributed by atoms with Gasteiger partial charge < -0.3 is 9.47 Å². The lowest BCUT2D eigenvalue weighted by Crippen LogP contribution is -2.56. The van der Waals surface area contributed by atoms with Gasteiger partial charge in [-0.05, 0) is 74.2 Å². The van der Waals surface area contributed by atoms with Gasteiger partial charge in [-0.2, -0.15) is 11.8 Å². The number of carbonyl (C=O) groups is 1. The molecular weight excluding hydrogens is 354 g/mol. The Bertz CT molecular complexity index is 832. The molecule has 0 aliphatic heterocycles. The van der Waals surface area contributed by atoms with E-state index in [4.69, 9.17) is 4.98 Å². The molecule has 4 bridgehead atoms. The number of carbonyl (C=O) groups excluding carboxylic acids is 1. The highest BCUT2D eigenvalue weighted by atomic mass is 32.2. The van der Waals surface area contributed by atoms with E-state index in [-0.39, 0.29) is 5.91 Å². The zero-order chi connectivity index (χ0) is 18.5. The number of imidazole rings is 1. The first-order valence-corrected chi connectivity index (χ1v) is 11.7. The maximum absolute atomic E-state index is 13.3. The summed E-state index contributed by atoms with van der Waals surface area (Å²) < 4.78 is 2.14. The number of benzene rings is 1. The van der Waals surface area contributed by atoms with Crippen molar-refractivity contribution >= 4 is 28.7 Å². The molecule has 1 heterocycles. The Kier molecular flexibility index (Phi) is 4.46. The molecule has 1 aromatic carbocycles. The normalized spacial score (nSPS) is 31.6. The Morgan fingerprint density at radius 1 is 1.15 bits per heavy atom. The highest BCUT2D eigenvalue weighted by Crippen LogP contribution is 2.55. The molecule has 2 aromatic rings. The summed E-state index contributed by atoms with van der Waals surface area (Å²) in [6.45, 7) is 0.412. The Labute approximate surface area is 165 Å². The van der Waals surface area contributed by atoms with Crippen molar-refractivity contribution in [3.05, 3.63) is 30.1 Å². The number of thioether (sulfide) groups is 1. The lowest BCUT2D eigenvalue weighted by atomic mass is 9.54. The minimum absolute atomic E-state index is 0.248. The minimum Gasteiger partial charge on any atom is -0.341 e. The van der Waals surface area contributed by atoms with Gasteiger partial charge in [0, 0.05) is 13.1 Å². The summed E-state index contributed by atoms with van der Waals surface area (Å²) in [5.41, 5.74) is 2.07. The van der Waals surface area contributed by atoms with E-state index < -0.39 is 0 Å². The number of nitrogens with zero attached hydrogens (tertiary/aromatic N) is 3. The monoisotopic (exact) mass is 383 g/mol. The van der Waals surface area contributed by atoms with Crippen LogP contribution in [0.25, 0.3) is 11.0 Å². The zero-order valence-electron chi connectivity index (χ0n) is 16.3. The summed E-state index contributed by atoms with van der Waals surface area (Å²) in [5.74, 6) is 5.45. The number of aromatic nitrogens is 2. The molecule has 0 N–H and O–H groups in total. The Morgan fingerprint density at radius 2 is 1.81 bits per heavy atom. The van der Waals surface area contributed by atoms with Crippen LogP contribution >= 0.6 is 11.8 Å². The highest BCUT2D eigenvalue weighted by Gasteiger charge is 2.50. The van der Waals surface area contributed by atoms with Crippen LogP contribution in [-0.2, 0) is 17.1 Å². The lowest BCUT2D eigenvalue weighted by Gasteiger charge is -2.56. The maximum atomic E-state index is 13.3. The van der Waals surface area contributed by atoms with Crippen molar-refractivity contribution in [1.82, 2.24) is 14.5 Å². The number of rotatable bonds is 5. The van der Waals surface area contributed by atoms with Crippen LogP contribution in [0.3, 0.4) is 0 Å². The second kappa shape index (κ2) is 6.84. The van der Waals surface area contributed by atoms with Crippen molar-refractivity contribution in [2.75, 3.05) is 13.3 Å². The molecule has 0 atom stereocenters. The Hall–Kier alpha value is -1.49. The molecule has 0 unspecified atom stereocenters. The molecule has 144 valence electrons. The summed E-state index contributed by atoms with van der Waals surface area (Å²) in [5, 5.41) is 0. The molecule has 4 saturated carbocycles. The van der Waals surface area contributed by atoms with Gasteiger partial charge in [0.1, 0.15) is 12.4 Å². The largest absolute Gasteiger partial charge is 0.341 e. The van der Waals surface area contributed by atoms with E-state index in [1.807, 2.05) is 18.2 Å². The number of hydrogen-bond acceptors (Lipinski definition) is 3. The third kappa shape index (κ3) is 2.98. The van der Waals surface area contributed by atoms with Crippen LogP contribution in [0.1, 0.15) is 37.9 Å². The first-order valence-electron chi connectivity index (χ1n) is 10.3. The second-order valence-electron chi connectivity index (χ2n) is 8.96. The fourth-order valence-electron chi connectivity index (χ4n) is 6.48. The van der Waals surface area contributed by atoms with E-state index in [0.29, 0.717) is 12.6 Å². The number of hydrogen-bond donors (Lipinski definition) is 0. The molecule has 4 aliphatic carbocycles. The van der Waals surface area contributed by atoms with Crippen molar-refractivity contribution < 1.29 is 4.79 Å². The van der Waals surface area contributed by atoms with Gasteiger partial charge in [-0.3, -0.25) is 4.79 Å². The number of amides is 1. The molecular formula is C22H29N3OS. The van der Waals surface area contributed by atoms with E-state index in [2.05, 4.69) is 28.8 Å². The van der Waals surface area contributed by atoms with E-state index in [0.717, 1.165) is 46.3 Å². The maximum Gasteiger partial charge on any atom is 0.242 e. The molecule has 1 aromatic heterocycles. The van der Waals surface area contributed by atoms with Crippen molar-refractivity contribution in [2.24, 2.45) is 23.7 Å². The van der Waals surface area contributed by atoms with Crippen LogP contribution < -0.4 is 0 Å². The summed E-state index contributed by atoms with van der Waals surface area (Å²) >= 11 is 1.76. The topological polar surface area (TPSA) is 38.1 Å². The summed E-state index contributed by atoms with van der Waals surface area (Å²) in [6, 6.07) is 8.65. The summed E-state index contributed by atoms with van der Waals surface area (Å²) in [6.07, 6.45) is 8.94. The average molecular weight is 384 g/mol. The van der Waals surface area contributed by atoms with Crippen LogP contribution in [0.2, 0.25) is 0 Å². The zero-order valence-corrected chi connectivity index (χ0v) is 17.1. The van der Waals surface area contributed by atoms with Crippen LogP contribution in [0, 0.1) is 23.7 Å². The SMILES string of the molecule is CSCc1nc2ccccc2n1CC(=O)N(C)C1C2CC3CC(C2)CC1C3. The van der Waals surface area contributed by atoms with Crippen LogP contribution in [-0.4, -0.2) is 39.7 Å². The van der Waals surface area contributed by atoms with E-state index >= 15 is 0 Å². The molecule has 4 nitrogen and oxygen atoms in total. The lowest BCUT2D eigenvalue weighted by molar-refractivity contribution is -0.141. The molecule has 1 amide bonds. The quantitative estimate of drug-likeness (QED) is 0.777. The van der Waals surface area contributed by atoms with E-state index in [1.54, 1.807) is 11.8 Å². The highest BCUT2D eigenvalue weighted by molar-refractivity contribution is 7.97. The summed E-state index contributed by atoms with van der Waals surface area (Å²) in [4.78, 5) is 20.2. The van der Waals surface area contributed by atoms with Crippen molar-refractivity contribution in [1.29, 1.82) is 0 Å². The second-order valence-corrected chi connectivity index (χ2v) is 9.83. The van der Waals surface area contributed by atoms with Gasteiger partial charge in [0.25, 0.3) is 0 Å². The molecule has 5 heteroatoms. The average Bonchev–Trinajstić information content (AvgIpc) is 2.98. The number of fused-ring (bicyclic) bond motifs is 1. The summed E-state index contributed by atoms with van der Waals surface area (Å²) in [7, 11) is 2.06. The van der Waals surface area contributed by atoms with Gasteiger partial charge in [-0.25, -0.2) is 4.98 Å². The van der Waals surface area contributed by atoms with Gasteiger partial charge in [0.2, 0.25) is 5.91 Å². The van der Waals surface area contributed by atoms with Crippen molar-refractivity contribution in [3.8, 4) is 0 Å². The molecule has 27 heavy (non-hydrogen) atoms. The van der Waals surface area contributed by atoms with Crippen LogP contribution in [0.4, 0.5) is 0 Å². The smallest absolute Gasteiger partial charge is 0.242 e. The van der Waals surface area contributed by atoms with E-state index in [9.17, 15) is 4.79 Å². The standard InChI is InChI=1S/C22H29N3OS/c1-24(22-16-8-14-7-15(10-16)11-17(22)9-14)21(26)12-25-19-6-4-3-5-18(19)23-20(25)13-27-2/h3-6,14-17,22H,7-13H2,1-2H3. The molecule has 4 aliphatic rings. The fourth-order valence-corrected chi connectivity index (χ4v) is 6.96. The molecule has 6 rings (SSSR count). The van der Waals surface area contributed by atoms with Crippen molar-refractivity contribution in [3.63, 3.8) is 0 Å². The first kappa shape index (κ1) is 17.6. The van der Waals surface area contributed by atoms with Gasteiger partial charge in [-0.15, -0.1) is 0 Å². The first-order chi connectivity index (χ1) is 13.1. The molecule has 0 radical (unpaired) electrons. The van der Waals surface area contributed by atoms with Gasteiger partial charge >= 0.3 is 0 Å². The Balaban J connectivity index is 1.39. The third-order valence-corrected chi connectivity index (χ3v) is 7.86. The number of para-hydroxylation sites is 2. The van der Waals surface area contributed by atoms with Gasteiger partial charge in [0.05, 0.1) is 16.8 Å². The fraction of sp³-hybridized carbons (Fsp3) is 0.636. The molecule has 4 fully saturated rings. The van der Waals surface area contributed by atoms with Crippen LogP contribution in [0.15, 0.2) is 24.3 Å². The minimum atomic E-state index is 0.248. The molecule has 0 saturated heterocycles. The van der Waals surface area contributed by atoms with Gasteiger partial charge in [-0.1, -0.05) is 12.1 Å². The van der Waals surface area contributed by atoms with Gasteiger partial charge in [0.15, 0.2) is 0 Å². The Morgan fingerprint density at radius 3 is 2.48 bits per heavy atom. The van der Waals surface area contributed by atoms with Crippen molar-refractivity contribution in [2.45, 2.75) is 50.4 Å². The predicted molar refractivity (Wildman–Crippen MR) is 111 cm³/mol. The van der Waals surface area contributed by atoms with Crippen LogP contribution in [0.5, 0.6) is 0 Å². The van der Waals surface area contributed by atoms with E-state index in [1.165, 1.54) is 32.1 Å². The third-order valence-electron chi connectivity index (χ3n) is 7.32.